The van der Waals surface area contributed by atoms with E-state index in [1.54, 1.807) is 37.0 Å². The van der Waals surface area contributed by atoms with E-state index in [-0.39, 0.29) is 17.3 Å². The normalized spacial score (nSPS) is 11.9. The highest BCUT2D eigenvalue weighted by atomic mass is 32.2. The Morgan fingerprint density at radius 1 is 1.07 bits per heavy atom. The maximum atomic E-state index is 13.5. The van der Waals surface area contributed by atoms with Crippen molar-refractivity contribution in [3.05, 3.63) is 70.5 Å². The van der Waals surface area contributed by atoms with Gasteiger partial charge < -0.3 is 16.0 Å². The van der Waals surface area contributed by atoms with Crippen molar-refractivity contribution in [1.29, 1.82) is 0 Å². The van der Waals surface area contributed by atoms with Crippen LogP contribution in [-0.4, -0.2) is 30.7 Å². The molecule has 5 nitrogen and oxygen atoms in total. The number of carbonyl (C=O) groups is 1. The van der Waals surface area contributed by atoms with Crippen molar-refractivity contribution in [3.8, 4) is 0 Å². The smallest absolute Gasteiger partial charge is 0.251 e. The van der Waals surface area contributed by atoms with E-state index in [2.05, 4.69) is 20.9 Å². The summed E-state index contributed by atoms with van der Waals surface area (Å²) in [6.07, 6.45) is 2.00. The van der Waals surface area contributed by atoms with Gasteiger partial charge in [-0.3, -0.25) is 9.79 Å². The maximum Gasteiger partial charge on any atom is 0.251 e. The number of amides is 1. The Labute approximate surface area is 182 Å². The predicted octanol–water partition coefficient (Wildman–Crippen LogP) is 4.08. The van der Waals surface area contributed by atoms with Gasteiger partial charge in [-0.2, -0.15) is 11.8 Å². The van der Waals surface area contributed by atoms with Crippen molar-refractivity contribution in [1.82, 2.24) is 16.0 Å². The molecule has 0 aromatic heterocycles. The topological polar surface area (TPSA) is 65.5 Å². The van der Waals surface area contributed by atoms with Gasteiger partial charge in [0.05, 0.1) is 0 Å². The molecule has 3 N–H and O–H groups in total. The summed E-state index contributed by atoms with van der Waals surface area (Å²) in [6.45, 7) is 6.94. The van der Waals surface area contributed by atoms with Crippen LogP contribution in [0.5, 0.6) is 0 Å². The van der Waals surface area contributed by atoms with Crippen molar-refractivity contribution in [3.63, 3.8) is 0 Å². The molecule has 2 aromatic rings. The molecule has 7 heteroatoms. The molecular formula is C23H31FN4OS. The second-order valence-electron chi connectivity index (χ2n) is 8.03. The largest absolute Gasteiger partial charge is 0.352 e. The first-order valence-electron chi connectivity index (χ1n) is 9.84. The molecule has 162 valence electrons. The summed E-state index contributed by atoms with van der Waals surface area (Å²) in [4.78, 5) is 16.6. The zero-order chi connectivity index (χ0) is 22.1. The molecule has 0 unspecified atom stereocenters. The summed E-state index contributed by atoms with van der Waals surface area (Å²) in [7, 11) is 1.70. The van der Waals surface area contributed by atoms with Crippen LogP contribution in [0.1, 0.15) is 47.8 Å². The molecule has 0 heterocycles. The van der Waals surface area contributed by atoms with Crippen LogP contribution in [0.15, 0.2) is 47.5 Å². The molecule has 0 aliphatic rings. The molecule has 0 fully saturated rings. The predicted molar refractivity (Wildman–Crippen MR) is 124 cm³/mol. The maximum absolute atomic E-state index is 13.5. The third-order valence-electron chi connectivity index (χ3n) is 4.28. The number of hydrogen-bond acceptors (Lipinski definition) is 3. The number of guanidine groups is 1. The molecule has 30 heavy (non-hydrogen) atoms. The minimum atomic E-state index is -0.285. The first kappa shape index (κ1) is 23.7. The number of halogens is 1. The Balaban J connectivity index is 1.97. The van der Waals surface area contributed by atoms with E-state index >= 15 is 0 Å². The Hall–Kier alpha value is -2.54. The summed E-state index contributed by atoms with van der Waals surface area (Å²) >= 11 is 1.66. The number of benzene rings is 2. The number of nitrogens with one attached hydrogen (secondary N) is 3. The molecular weight excluding hydrogens is 399 g/mol. The van der Waals surface area contributed by atoms with E-state index in [0.29, 0.717) is 24.6 Å². The molecule has 0 spiro atoms. The van der Waals surface area contributed by atoms with E-state index in [0.717, 1.165) is 22.4 Å². The van der Waals surface area contributed by atoms with Gasteiger partial charge >= 0.3 is 0 Å². The SMILES string of the molecule is CN=C(NCc1cccc(C(=O)NC(C)(C)C)c1)NCc1ccc(F)cc1CSC. The molecule has 1 amide bonds. The van der Waals surface area contributed by atoms with E-state index in [1.165, 1.54) is 6.07 Å². The Morgan fingerprint density at radius 3 is 2.47 bits per heavy atom. The Morgan fingerprint density at radius 2 is 1.80 bits per heavy atom. The number of hydrogen-bond donors (Lipinski definition) is 3. The van der Waals surface area contributed by atoms with Gasteiger partial charge in [0.1, 0.15) is 5.82 Å². The molecule has 0 bridgehead atoms. The van der Waals surface area contributed by atoms with Crippen LogP contribution >= 0.6 is 11.8 Å². The number of rotatable bonds is 7. The van der Waals surface area contributed by atoms with Crippen LogP contribution in [0, 0.1) is 5.82 Å². The fourth-order valence-electron chi connectivity index (χ4n) is 2.88. The van der Waals surface area contributed by atoms with E-state index in [1.807, 2.05) is 45.2 Å². The van der Waals surface area contributed by atoms with E-state index in [4.69, 9.17) is 0 Å². The van der Waals surface area contributed by atoms with Gasteiger partial charge in [-0.1, -0.05) is 18.2 Å². The summed E-state index contributed by atoms with van der Waals surface area (Å²) in [5, 5.41) is 9.50. The van der Waals surface area contributed by atoms with Crippen LogP contribution in [0.2, 0.25) is 0 Å². The van der Waals surface area contributed by atoms with Gasteiger partial charge in [-0.25, -0.2) is 4.39 Å². The minimum absolute atomic E-state index is 0.0931. The third kappa shape index (κ3) is 7.71. The number of aliphatic imine (C=N–C) groups is 1. The first-order valence-corrected chi connectivity index (χ1v) is 11.2. The molecule has 2 aromatic carbocycles. The first-order chi connectivity index (χ1) is 14.2. The molecule has 0 radical (unpaired) electrons. The van der Waals surface area contributed by atoms with Crippen LogP contribution in [-0.2, 0) is 18.8 Å². The average molecular weight is 431 g/mol. The Bertz CT molecular complexity index is 893. The zero-order valence-electron chi connectivity index (χ0n) is 18.3. The van der Waals surface area contributed by atoms with Gasteiger partial charge in [0.15, 0.2) is 5.96 Å². The van der Waals surface area contributed by atoms with Crippen LogP contribution in [0.4, 0.5) is 4.39 Å². The van der Waals surface area contributed by atoms with Crippen molar-refractivity contribution in [2.24, 2.45) is 4.99 Å². The van der Waals surface area contributed by atoms with Crippen molar-refractivity contribution in [2.45, 2.75) is 45.2 Å². The van der Waals surface area contributed by atoms with Gasteiger partial charge in [0.25, 0.3) is 5.91 Å². The van der Waals surface area contributed by atoms with Crippen LogP contribution in [0.25, 0.3) is 0 Å². The summed E-state index contributed by atoms with van der Waals surface area (Å²) in [6, 6.07) is 12.4. The lowest BCUT2D eigenvalue weighted by atomic mass is 10.1. The lowest BCUT2D eigenvalue weighted by molar-refractivity contribution is 0.0919. The number of nitrogens with zero attached hydrogens (tertiary/aromatic N) is 1. The number of thioether (sulfide) groups is 1. The molecule has 0 saturated heterocycles. The van der Waals surface area contributed by atoms with Gasteiger partial charge in [0, 0.05) is 37.0 Å². The van der Waals surface area contributed by atoms with Crippen LogP contribution < -0.4 is 16.0 Å². The van der Waals surface area contributed by atoms with E-state index < -0.39 is 0 Å². The minimum Gasteiger partial charge on any atom is -0.352 e. The lowest BCUT2D eigenvalue weighted by Crippen LogP contribution is -2.40. The Kier molecular flexibility index (Phi) is 8.72. The quantitative estimate of drug-likeness (QED) is 0.457. The lowest BCUT2D eigenvalue weighted by Gasteiger charge is -2.20. The summed E-state index contributed by atoms with van der Waals surface area (Å²) in [5.74, 6) is 1.08. The van der Waals surface area contributed by atoms with E-state index in [9.17, 15) is 9.18 Å². The second kappa shape index (κ2) is 11.0. The number of carbonyl (C=O) groups excluding carboxylic acids is 1. The molecule has 0 aliphatic heterocycles. The fraction of sp³-hybridized carbons (Fsp3) is 0.391. The molecule has 0 aliphatic carbocycles. The average Bonchev–Trinajstić information content (AvgIpc) is 2.68. The molecule has 0 saturated carbocycles. The molecule has 2 rings (SSSR count). The van der Waals surface area contributed by atoms with Crippen molar-refractivity contribution >= 4 is 23.6 Å². The third-order valence-corrected chi connectivity index (χ3v) is 4.88. The van der Waals surface area contributed by atoms with Crippen molar-refractivity contribution in [2.75, 3.05) is 13.3 Å². The highest BCUT2D eigenvalue weighted by molar-refractivity contribution is 7.97. The van der Waals surface area contributed by atoms with Gasteiger partial charge in [-0.05, 0) is 68.0 Å². The monoisotopic (exact) mass is 430 g/mol. The zero-order valence-corrected chi connectivity index (χ0v) is 19.1. The fourth-order valence-corrected chi connectivity index (χ4v) is 3.46. The summed E-state index contributed by atoms with van der Waals surface area (Å²) < 4.78 is 13.5. The van der Waals surface area contributed by atoms with Gasteiger partial charge in [0.2, 0.25) is 0 Å². The molecule has 0 atom stereocenters. The summed E-state index contributed by atoms with van der Waals surface area (Å²) in [5.41, 5.74) is 3.33. The van der Waals surface area contributed by atoms with Crippen LogP contribution in [0.3, 0.4) is 0 Å². The van der Waals surface area contributed by atoms with Gasteiger partial charge in [-0.15, -0.1) is 0 Å². The highest BCUT2D eigenvalue weighted by Crippen LogP contribution is 2.16. The van der Waals surface area contributed by atoms with Crippen molar-refractivity contribution < 1.29 is 9.18 Å². The standard InChI is InChI=1S/C23H31FN4OS/c1-23(2,3)28-21(29)17-8-6-7-16(11-17)13-26-22(25-4)27-14-18-9-10-20(24)12-19(18)15-30-5/h6-12H,13-15H2,1-5H3,(H,28,29)(H2,25,26,27). The highest BCUT2D eigenvalue weighted by Gasteiger charge is 2.15. The second-order valence-corrected chi connectivity index (χ2v) is 8.90.